The maximum Gasteiger partial charge on any atom is 0.408 e. The fourth-order valence-electron chi connectivity index (χ4n) is 3.01. The zero-order chi connectivity index (χ0) is 24.1. The van der Waals surface area contributed by atoms with Crippen molar-refractivity contribution in [1.82, 2.24) is 10.6 Å². The standard InChI is InChI=1S/C24H32N2O6/c1-23(2,3)32-22(30)26-24(4,5)19(21(29)31-6)25-20(28)16-10-7-15(8-11-16)9-12-17-13-18(17)14-27/h7-8,10-11,17-19,27H,13-14H2,1-6H3,(H,25,28)(H,26,30)/t17-,18+,19+/m0/s1. The van der Waals surface area contributed by atoms with Crippen LogP contribution in [-0.2, 0) is 14.3 Å². The number of alkyl carbamates (subject to hydrolysis) is 1. The second-order valence-electron chi connectivity index (χ2n) is 9.41. The lowest BCUT2D eigenvalue weighted by molar-refractivity contribution is -0.144. The molecular weight excluding hydrogens is 412 g/mol. The van der Waals surface area contributed by atoms with Crippen molar-refractivity contribution >= 4 is 18.0 Å². The van der Waals surface area contributed by atoms with Crippen LogP contribution in [0.4, 0.5) is 4.79 Å². The predicted molar refractivity (Wildman–Crippen MR) is 119 cm³/mol. The van der Waals surface area contributed by atoms with Crippen molar-refractivity contribution < 1.29 is 29.0 Å². The van der Waals surface area contributed by atoms with Crippen molar-refractivity contribution in [3.63, 3.8) is 0 Å². The highest BCUT2D eigenvalue weighted by Crippen LogP contribution is 2.37. The number of benzene rings is 1. The van der Waals surface area contributed by atoms with Crippen LogP contribution in [0.25, 0.3) is 0 Å². The molecule has 1 aromatic rings. The first kappa shape index (κ1) is 25.2. The maximum absolute atomic E-state index is 12.8. The molecule has 2 rings (SSSR count). The summed E-state index contributed by atoms with van der Waals surface area (Å²) in [5, 5.41) is 14.3. The van der Waals surface area contributed by atoms with Crippen LogP contribution >= 0.6 is 0 Å². The van der Waals surface area contributed by atoms with Gasteiger partial charge in [0.2, 0.25) is 0 Å². The topological polar surface area (TPSA) is 114 Å². The molecule has 0 bridgehead atoms. The molecule has 1 aromatic carbocycles. The van der Waals surface area contributed by atoms with Gasteiger partial charge in [-0.2, -0.15) is 0 Å². The Hall–Kier alpha value is -3.05. The minimum absolute atomic E-state index is 0.152. The smallest absolute Gasteiger partial charge is 0.408 e. The van der Waals surface area contributed by atoms with Crippen molar-refractivity contribution in [3.05, 3.63) is 35.4 Å². The molecule has 0 unspecified atom stereocenters. The summed E-state index contributed by atoms with van der Waals surface area (Å²) >= 11 is 0. The Balaban J connectivity index is 2.08. The molecule has 8 heteroatoms. The van der Waals surface area contributed by atoms with Gasteiger partial charge in [0.05, 0.1) is 12.6 Å². The second kappa shape index (κ2) is 10.0. The molecule has 0 spiro atoms. The lowest BCUT2D eigenvalue weighted by Gasteiger charge is -2.34. The van der Waals surface area contributed by atoms with Crippen molar-refractivity contribution in [3.8, 4) is 11.8 Å². The molecule has 1 fully saturated rings. The third kappa shape index (κ3) is 7.27. The molecule has 8 nitrogen and oxygen atoms in total. The second-order valence-corrected chi connectivity index (χ2v) is 9.41. The van der Waals surface area contributed by atoms with Crippen LogP contribution in [0.1, 0.15) is 57.0 Å². The van der Waals surface area contributed by atoms with Crippen LogP contribution < -0.4 is 10.6 Å². The highest BCUT2D eigenvalue weighted by molar-refractivity contribution is 5.97. The van der Waals surface area contributed by atoms with Gasteiger partial charge in [-0.15, -0.1) is 0 Å². The Morgan fingerprint density at radius 1 is 1.16 bits per heavy atom. The predicted octanol–water partition coefficient (Wildman–Crippen LogP) is 2.24. The Morgan fingerprint density at radius 2 is 1.78 bits per heavy atom. The summed E-state index contributed by atoms with van der Waals surface area (Å²) in [6.07, 6.45) is 0.194. The quantitative estimate of drug-likeness (QED) is 0.458. The highest BCUT2D eigenvalue weighted by atomic mass is 16.6. The van der Waals surface area contributed by atoms with Gasteiger partial charge >= 0.3 is 12.1 Å². The van der Waals surface area contributed by atoms with E-state index in [1.54, 1.807) is 58.9 Å². The molecule has 1 aliphatic rings. The number of amides is 2. The normalized spacial score (nSPS) is 18.5. The molecule has 32 heavy (non-hydrogen) atoms. The summed E-state index contributed by atoms with van der Waals surface area (Å²) in [6, 6.07) is 5.50. The van der Waals surface area contributed by atoms with Crippen LogP contribution in [0, 0.1) is 23.7 Å². The van der Waals surface area contributed by atoms with E-state index in [9.17, 15) is 14.4 Å². The molecule has 1 aliphatic carbocycles. The molecule has 174 valence electrons. The summed E-state index contributed by atoms with van der Waals surface area (Å²) in [6.45, 7) is 8.51. The van der Waals surface area contributed by atoms with Gasteiger partial charge in [-0.1, -0.05) is 11.8 Å². The zero-order valence-electron chi connectivity index (χ0n) is 19.4. The van der Waals surface area contributed by atoms with Gasteiger partial charge in [-0.25, -0.2) is 9.59 Å². The number of rotatable bonds is 6. The number of nitrogens with one attached hydrogen (secondary N) is 2. The van der Waals surface area contributed by atoms with Crippen LogP contribution in [0.15, 0.2) is 24.3 Å². The number of esters is 1. The van der Waals surface area contributed by atoms with Gasteiger partial charge in [0.15, 0.2) is 0 Å². The number of aliphatic hydroxyl groups is 1. The van der Waals surface area contributed by atoms with Crippen LogP contribution in [0.2, 0.25) is 0 Å². The number of aliphatic hydroxyl groups excluding tert-OH is 1. The molecule has 3 atom stereocenters. The highest BCUT2D eigenvalue weighted by Gasteiger charge is 2.40. The fraction of sp³-hybridized carbons (Fsp3) is 0.542. The van der Waals surface area contributed by atoms with Gasteiger partial charge in [-0.05, 0) is 71.2 Å². The molecule has 1 saturated carbocycles. The summed E-state index contributed by atoms with van der Waals surface area (Å²) < 4.78 is 10.1. The van der Waals surface area contributed by atoms with Gasteiger partial charge in [-0.3, -0.25) is 4.79 Å². The molecule has 0 radical (unpaired) electrons. The number of carbonyl (C=O) groups excluding carboxylic acids is 3. The van der Waals surface area contributed by atoms with Gasteiger partial charge in [0.1, 0.15) is 11.6 Å². The van der Waals surface area contributed by atoms with Crippen LogP contribution in [0.3, 0.4) is 0 Å². The van der Waals surface area contributed by atoms with E-state index in [4.69, 9.17) is 14.6 Å². The maximum atomic E-state index is 12.8. The van der Waals surface area contributed by atoms with Crippen molar-refractivity contribution in [2.45, 2.75) is 58.2 Å². The Labute approximate surface area is 189 Å². The van der Waals surface area contributed by atoms with Crippen molar-refractivity contribution in [1.29, 1.82) is 0 Å². The van der Waals surface area contributed by atoms with E-state index >= 15 is 0 Å². The van der Waals surface area contributed by atoms with Gasteiger partial charge < -0.3 is 25.2 Å². The Morgan fingerprint density at radius 3 is 2.28 bits per heavy atom. The molecule has 0 aromatic heterocycles. The molecule has 0 saturated heterocycles. The number of carbonyl (C=O) groups is 3. The molecule has 2 amide bonds. The summed E-state index contributed by atoms with van der Waals surface area (Å²) in [7, 11) is 1.21. The summed E-state index contributed by atoms with van der Waals surface area (Å²) in [4.78, 5) is 37.4. The third-order valence-electron chi connectivity index (χ3n) is 4.96. The average Bonchev–Trinajstić information content (AvgIpc) is 3.46. The van der Waals surface area contributed by atoms with Crippen molar-refractivity contribution in [2.75, 3.05) is 13.7 Å². The number of hydrogen-bond acceptors (Lipinski definition) is 6. The van der Waals surface area contributed by atoms with Crippen molar-refractivity contribution in [2.24, 2.45) is 11.8 Å². The first-order valence-electron chi connectivity index (χ1n) is 10.5. The van der Waals surface area contributed by atoms with E-state index in [0.29, 0.717) is 5.56 Å². The van der Waals surface area contributed by atoms with E-state index < -0.39 is 35.2 Å². The number of ether oxygens (including phenoxy) is 2. The fourth-order valence-corrected chi connectivity index (χ4v) is 3.01. The molecule has 3 N–H and O–H groups in total. The lowest BCUT2D eigenvalue weighted by atomic mass is 9.94. The largest absolute Gasteiger partial charge is 0.467 e. The summed E-state index contributed by atoms with van der Waals surface area (Å²) in [5.41, 5.74) is -0.823. The first-order chi connectivity index (χ1) is 14.9. The van der Waals surface area contributed by atoms with Gasteiger partial charge in [0, 0.05) is 23.7 Å². The van der Waals surface area contributed by atoms with Crippen LogP contribution in [0.5, 0.6) is 0 Å². The molecule has 0 heterocycles. The summed E-state index contributed by atoms with van der Waals surface area (Å²) in [5.74, 6) is 5.44. The van der Waals surface area contributed by atoms with E-state index in [1.807, 2.05) is 0 Å². The zero-order valence-corrected chi connectivity index (χ0v) is 19.4. The Bertz CT molecular complexity index is 905. The third-order valence-corrected chi connectivity index (χ3v) is 4.96. The van der Waals surface area contributed by atoms with Gasteiger partial charge in [0.25, 0.3) is 5.91 Å². The SMILES string of the molecule is COC(=O)[C@@H](NC(=O)c1ccc(C#C[C@H]2C[C@@H]2CO)cc1)C(C)(C)NC(=O)OC(C)(C)C. The molecular formula is C24H32N2O6. The molecule has 0 aliphatic heterocycles. The van der Waals surface area contributed by atoms with E-state index in [-0.39, 0.29) is 18.4 Å². The van der Waals surface area contributed by atoms with E-state index in [1.165, 1.54) is 7.11 Å². The minimum Gasteiger partial charge on any atom is -0.467 e. The first-order valence-corrected chi connectivity index (χ1v) is 10.5. The number of hydrogen-bond donors (Lipinski definition) is 3. The monoisotopic (exact) mass is 444 g/mol. The van der Waals surface area contributed by atoms with E-state index in [2.05, 4.69) is 22.5 Å². The lowest BCUT2D eigenvalue weighted by Crippen LogP contribution is -2.62. The average molecular weight is 445 g/mol. The van der Waals surface area contributed by atoms with E-state index in [0.717, 1.165) is 12.0 Å². The Kier molecular flexibility index (Phi) is 7.92. The van der Waals surface area contributed by atoms with Crippen LogP contribution in [-0.4, -0.2) is 54.0 Å². The minimum atomic E-state index is -1.19. The number of methoxy groups -OCH3 is 1.